The summed E-state index contributed by atoms with van der Waals surface area (Å²) >= 11 is 11.0. The molecular weight excluding hydrogens is 446 g/mol. The number of nitrogens with zero attached hydrogens (tertiary/aromatic N) is 2. The standard InChI is InChI=1S/C20H13BrClN3OS/c21-17-10-9-14(12-18(17)22)23-20-25-24-19(27-20)13-5-4-8-16(11-13)26-15-6-2-1-3-7-15/h1-12H,(H,23,25). The van der Waals surface area contributed by atoms with Gasteiger partial charge in [0.2, 0.25) is 5.13 Å². The predicted octanol–water partition coefficient (Wildman–Crippen LogP) is 7.16. The number of hydrogen-bond acceptors (Lipinski definition) is 5. The average molecular weight is 459 g/mol. The van der Waals surface area contributed by atoms with Gasteiger partial charge < -0.3 is 10.1 Å². The highest BCUT2D eigenvalue weighted by molar-refractivity contribution is 9.10. The van der Waals surface area contributed by atoms with Gasteiger partial charge in [-0.1, -0.05) is 53.3 Å². The second-order valence-corrected chi connectivity index (χ2v) is 7.85. The van der Waals surface area contributed by atoms with E-state index in [1.165, 1.54) is 11.3 Å². The Morgan fingerprint density at radius 2 is 1.70 bits per heavy atom. The highest BCUT2D eigenvalue weighted by Crippen LogP contribution is 2.33. The zero-order valence-electron chi connectivity index (χ0n) is 13.9. The summed E-state index contributed by atoms with van der Waals surface area (Å²) < 4.78 is 6.74. The first-order chi connectivity index (χ1) is 13.2. The smallest absolute Gasteiger partial charge is 0.210 e. The molecule has 0 amide bonds. The zero-order chi connectivity index (χ0) is 18.6. The third-order valence-corrected chi connectivity index (χ3v) is 5.78. The van der Waals surface area contributed by atoms with Crippen molar-refractivity contribution in [1.82, 2.24) is 10.2 Å². The van der Waals surface area contributed by atoms with Gasteiger partial charge in [0.05, 0.1) is 5.02 Å². The Morgan fingerprint density at radius 3 is 2.52 bits per heavy atom. The molecule has 0 radical (unpaired) electrons. The van der Waals surface area contributed by atoms with Crippen LogP contribution in [0.1, 0.15) is 0 Å². The molecule has 1 heterocycles. The SMILES string of the molecule is Clc1cc(Nc2nnc(-c3cccc(Oc4ccccc4)c3)s2)ccc1Br. The summed E-state index contributed by atoms with van der Waals surface area (Å²) in [5.74, 6) is 1.55. The number of ether oxygens (including phenoxy) is 1. The lowest BCUT2D eigenvalue weighted by Gasteiger charge is -2.06. The van der Waals surface area contributed by atoms with Crippen LogP contribution in [0.25, 0.3) is 10.6 Å². The Hall–Kier alpha value is -2.41. The lowest BCUT2D eigenvalue weighted by molar-refractivity contribution is 0.483. The molecule has 1 N–H and O–H groups in total. The minimum atomic E-state index is 0.635. The Balaban J connectivity index is 1.52. The van der Waals surface area contributed by atoms with E-state index < -0.39 is 0 Å². The van der Waals surface area contributed by atoms with Crippen LogP contribution >= 0.6 is 38.9 Å². The van der Waals surface area contributed by atoms with Crippen molar-refractivity contribution in [2.45, 2.75) is 0 Å². The van der Waals surface area contributed by atoms with Crippen molar-refractivity contribution in [3.63, 3.8) is 0 Å². The van der Waals surface area contributed by atoms with Crippen LogP contribution in [0.3, 0.4) is 0 Å². The molecule has 0 bridgehead atoms. The van der Waals surface area contributed by atoms with Crippen LogP contribution in [0.15, 0.2) is 77.3 Å². The Kier molecular flexibility index (Phi) is 5.38. The summed E-state index contributed by atoms with van der Waals surface area (Å²) in [5, 5.41) is 13.9. The monoisotopic (exact) mass is 457 g/mol. The van der Waals surface area contributed by atoms with Gasteiger partial charge in [-0.15, -0.1) is 10.2 Å². The van der Waals surface area contributed by atoms with Gasteiger partial charge in [-0.2, -0.15) is 0 Å². The number of rotatable bonds is 5. The second-order valence-electron chi connectivity index (χ2n) is 5.61. The van der Waals surface area contributed by atoms with Crippen molar-refractivity contribution >= 4 is 49.7 Å². The minimum absolute atomic E-state index is 0.635. The fourth-order valence-electron chi connectivity index (χ4n) is 2.40. The van der Waals surface area contributed by atoms with Crippen LogP contribution in [0, 0.1) is 0 Å². The molecule has 7 heteroatoms. The molecule has 0 saturated heterocycles. The first-order valence-electron chi connectivity index (χ1n) is 8.06. The third kappa shape index (κ3) is 4.47. The fourth-order valence-corrected chi connectivity index (χ4v) is 3.59. The number of benzene rings is 3. The molecule has 3 aromatic carbocycles. The van der Waals surface area contributed by atoms with Gasteiger partial charge in [0.15, 0.2) is 0 Å². The molecule has 4 nitrogen and oxygen atoms in total. The van der Waals surface area contributed by atoms with E-state index in [0.29, 0.717) is 10.2 Å². The molecule has 0 aliphatic carbocycles. The molecule has 0 saturated carbocycles. The van der Waals surface area contributed by atoms with Crippen LogP contribution in [-0.2, 0) is 0 Å². The highest BCUT2D eigenvalue weighted by Gasteiger charge is 2.09. The third-order valence-electron chi connectivity index (χ3n) is 3.66. The average Bonchev–Trinajstić information content (AvgIpc) is 3.14. The Morgan fingerprint density at radius 1 is 0.889 bits per heavy atom. The molecule has 0 aliphatic rings. The fraction of sp³-hybridized carbons (Fsp3) is 0. The first-order valence-corrected chi connectivity index (χ1v) is 10.0. The Labute approximate surface area is 173 Å². The van der Waals surface area contributed by atoms with Gasteiger partial charge in [0.25, 0.3) is 0 Å². The number of anilines is 2. The lowest BCUT2D eigenvalue weighted by atomic mass is 10.2. The molecule has 0 atom stereocenters. The maximum absolute atomic E-state index is 6.13. The molecule has 0 aliphatic heterocycles. The van der Waals surface area contributed by atoms with Crippen molar-refractivity contribution in [2.24, 2.45) is 0 Å². The number of halogens is 2. The van der Waals surface area contributed by atoms with E-state index in [1.807, 2.05) is 72.8 Å². The summed E-state index contributed by atoms with van der Waals surface area (Å²) in [6.07, 6.45) is 0. The van der Waals surface area contributed by atoms with E-state index in [0.717, 1.165) is 32.2 Å². The quantitative estimate of drug-likeness (QED) is 0.345. The van der Waals surface area contributed by atoms with Crippen molar-refractivity contribution in [3.05, 3.63) is 82.3 Å². The molecule has 0 unspecified atom stereocenters. The normalized spacial score (nSPS) is 10.6. The van der Waals surface area contributed by atoms with Crippen LogP contribution in [0.5, 0.6) is 11.5 Å². The van der Waals surface area contributed by atoms with E-state index in [9.17, 15) is 0 Å². The molecule has 4 rings (SSSR count). The second kappa shape index (κ2) is 8.08. The van der Waals surface area contributed by atoms with Crippen LogP contribution in [-0.4, -0.2) is 10.2 Å². The summed E-state index contributed by atoms with van der Waals surface area (Å²) in [4.78, 5) is 0. The number of aromatic nitrogens is 2. The lowest BCUT2D eigenvalue weighted by Crippen LogP contribution is -1.89. The predicted molar refractivity (Wildman–Crippen MR) is 114 cm³/mol. The zero-order valence-corrected chi connectivity index (χ0v) is 17.1. The van der Waals surface area contributed by atoms with Crippen LogP contribution in [0.2, 0.25) is 5.02 Å². The van der Waals surface area contributed by atoms with E-state index in [-0.39, 0.29) is 0 Å². The van der Waals surface area contributed by atoms with E-state index >= 15 is 0 Å². The van der Waals surface area contributed by atoms with Gasteiger partial charge in [-0.25, -0.2) is 0 Å². The largest absolute Gasteiger partial charge is 0.457 e. The molecule has 27 heavy (non-hydrogen) atoms. The van der Waals surface area contributed by atoms with Gasteiger partial charge in [0.1, 0.15) is 16.5 Å². The number of hydrogen-bond donors (Lipinski definition) is 1. The highest BCUT2D eigenvalue weighted by atomic mass is 79.9. The molecule has 4 aromatic rings. The first kappa shape index (κ1) is 18.0. The van der Waals surface area contributed by atoms with E-state index in [2.05, 4.69) is 31.4 Å². The minimum Gasteiger partial charge on any atom is -0.457 e. The van der Waals surface area contributed by atoms with E-state index in [1.54, 1.807) is 0 Å². The Bertz CT molecular complexity index is 1070. The molecular formula is C20H13BrClN3OS. The van der Waals surface area contributed by atoms with Gasteiger partial charge >= 0.3 is 0 Å². The molecule has 134 valence electrons. The summed E-state index contributed by atoms with van der Waals surface area (Å²) in [5.41, 5.74) is 1.80. The maximum Gasteiger partial charge on any atom is 0.210 e. The van der Waals surface area contributed by atoms with E-state index in [4.69, 9.17) is 16.3 Å². The van der Waals surface area contributed by atoms with Crippen molar-refractivity contribution in [2.75, 3.05) is 5.32 Å². The van der Waals surface area contributed by atoms with Gasteiger partial charge in [0, 0.05) is 15.7 Å². The van der Waals surface area contributed by atoms with Crippen molar-refractivity contribution in [1.29, 1.82) is 0 Å². The maximum atomic E-state index is 6.13. The van der Waals surface area contributed by atoms with Gasteiger partial charge in [-0.05, 0) is 58.4 Å². The topological polar surface area (TPSA) is 47.0 Å². The van der Waals surface area contributed by atoms with Crippen molar-refractivity contribution in [3.8, 4) is 22.1 Å². The summed E-state index contributed by atoms with van der Waals surface area (Å²) in [6, 6.07) is 23.1. The number of nitrogens with one attached hydrogen (secondary N) is 1. The van der Waals surface area contributed by atoms with Crippen LogP contribution < -0.4 is 10.1 Å². The summed E-state index contributed by atoms with van der Waals surface area (Å²) in [7, 11) is 0. The molecule has 0 spiro atoms. The number of para-hydroxylation sites is 1. The van der Waals surface area contributed by atoms with Crippen LogP contribution in [0.4, 0.5) is 10.8 Å². The molecule has 1 aromatic heterocycles. The summed E-state index contributed by atoms with van der Waals surface area (Å²) in [6.45, 7) is 0. The molecule has 0 fully saturated rings. The van der Waals surface area contributed by atoms with Gasteiger partial charge in [-0.3, -0.25) is 0 Å². The van der Waals surface area contributed by atoms with Crippen molar-refractivity contribution < 1.29 is 4.74 Å².